The second kappa shape index (κ2) is 6.89. The molecule has 1 atom stereocenters. The van der Waals surface area contributed by atoms with Gasteiger partial charge in [-0.2, -0.15) is 13.2 Å². The Kier molecular flexibility index (Phi) is 4.98. The highest BCUT2D eigenvalue weighted by atomic mass is 35.5. The molecule has 0 saturated carbocycles. The van der Waals surface area contributed by atoms with Gasteiger partial charge in [-0.15, -0.1) is 0 Å². The zero-order valence-electron chi connectivity index (χ0n) is 13.0. The number of benzene rings is 2. The zero-order chi connectivity index (χ0) is 18.2. The average molecular weight is 388 g/mol. The van der Waals surface area contributed by atoms with E-state index in [2.05, 4.69) is 0 Å². The van der Waals surface area contributed by atoms with Gasteiger partial charge in [0.25, 0.3) is 0 Å². The Morgan fingerprint density at radius 3 is 2.48 bits per heavy atom. The fourth-order valence-electron chi connectivity index (χ4n) is 3.17. The summed E-state index contributed by atoms with van der Waals surface area (Å²) < 4.78 is 38.0. The van der Waals surface area contributed by atoms with Gasteiger partial charge >= 0.3 is 12.1 Å². The second-order valence-electron chi connectivity index (χ2n) is 5.98. The van der Waals surface area contributed by atoms with Crippen LogP contribution in [0.1, 0.15) is 17.9 Å². The van der Waals surface area contributed by atoms with E-state index in [0.717, 1.165) is 21.6 Å². The van der Waals surface area contributed by atoms with Crippen LogP contribution >= 0.6 is 23.2 Å². The summed E-state index contributed by atoms with van der Waals surface area (Å²) in [6, 6.07) is 12.6. The standard InChI is InChI=1S/C18H14Cl2F3NO/c19-13-3-1-2-11(8-13)15-5-4-14(20)9-16(15)12-6-7-24(10-12)17(25)18(21,22)23/h1-5,8-9,12H,6-7,10H2. The lowest BCUT2D eigenvalue weighted by atomic mass is 9.90. The molecule has 1 saturated heterocycles. The molecule has 1 heterocycles. The van der Waals surface area contributed by atoms with Crippen LogP contribution in [0.5, 0.6) is 0 Å². The molecule has 0 aromatic heterocycles. The fourth-order valence-corrected chi connectivity index (χ4v) is 3.54. The molecule has 2 aromatic rings. The summed E-state index contributed by atoms with van der Waals surface area (Å²) in [5.41, 5.74) is 2.55. The minimum atomic E-state index is -4.85. The zero-order valence-corrected chi connectivity index (χ0v) is 14.5. The number of alkyl halides is 3. The molecule has 25 heavy (non-hydrogen) atoms. The van der Waals surface area contributed by atoms with Crippen LogP contribution in [0.3, 0.4) is 0 Å². The first-order valence-electron chi connectivity index (χ1n) is 7.67. The van der Waals surface area contributed by atoms with Gasteiger partial charge in [-0.05, 0) is 47.4 Å². The third-order valence-corrected chi connectivity index (χ3v) is 4.78. The fraction of sp³-hybridized carbons (Fsp3) is 0.278. The van der Waals surface area contributed by atoms with E-state index in [1.54, 1.807) is 24.3 Å². The molecular weight excluding hydrogens is 374 g/mol. The Bertz CT molecular complexity index is 807. The maximum Gasteiger partial charge on any atom is 0.471 e. The second-order valence-corrected chi connectivity index (χ2v) is 6.85. The maximum absolute atomic E-state index is 12.7. The molecule has 3 rings (SSSR count). The van der Waals surface area contributed by atoms with Crippen LogP contribution in [0.25, 0.3) is 11.1 Å². The van der Waals surface area contributed by atoms with Crippen molar-refractivity contribution in [3.63, 3.8) is 0 Å². The lowest BCUT2D eigenvalue weighted by Gasteiger charge is -2.20. The Morgan fingerprint density at radius 2 is 1.80 bits per heavy atom. The predicted octanol–water partition coefficient (Wildman–Crippen LogP) is 5.54. The summed E-state index contributed by atoms with van der Waals surface area (Å²) in [6.07, 6.45) is -4.39. The van der Waals surface area contributed by atoms with Crippen molar-refractivity contribution < 1.29 is 18.0 Å². The Balaban J connectivity index is 1.93. The van der Waals surface area contributed by atoms with E-state index >= 15 is 0 Å². The van der Waals surface area contributed by atoms with Crippen LogP contribution in [-0.4, -0.2) is 30.1 Å². The van der Waals surface area contributed by atoms with Gasteiger partial charge in [0, 0.05) is 29.1 Å². The molecule has 1 aliphatic rings. The largest absolute Gasteiger partial charge is 0.471 e. The van der Waals surface area contributed by atoms with Crippen LogP contribution in [0.2, 0.25) is 10.0 Å². The Hall–Kier alpha value is -1.72. The van der Waals surface area contributed by atoms with Crippen molar-refractivity contribution in [1.82, 2.24) is 4.90 Å². The molecule has 0 N–H and O–H groups in total. The number of halogens is 5. The third kappa shape index (κ3) is 3.93. The number of carbonyl (C=O) groups excluding carboxylic acids is 1. The molecule has 1 amide bonds. The normalized spacial score (nSPS) is 17.8. The molecule has 0 radical (unpaired) electrons. The summed E-state index contributed by atoms with van der Waals surface area (Å²) in [4.78, 5) is 12.3. The lowest BCUT2D eigenvalue weighted by molar-refractivity contribution is -0.184. The number of amides is 1. The van der Waals surface area contributed by atoms with Gasteiger partial charge in [-0.25, -0.2) is 0 Å². The molecule has 0 aliphatic carbocycles. The molecule has 2 nitrogen and oxygen atoms in total. The van der Waals surface area contributed by atoms with Gasteiger partial charge in [0.05, 0.1) is 0 Å². The average Bonchev–Trinajstić information content (AvgIpc) is 3.02. The van der Waals surface area contributed by atoms with Crippen molar-refractivity contribution in [2.45, 2.75) is 18.5 Å². The molecular formula is C18H14Cl2F3NO. The molecule has 0 bridgehead atoms. The van der Waals surface area contributed by atoms with E-state index < -0.39 is 12.1 Å². The Labute approximate surface area is 153 Å². The highest BCUT2D eigenvalue weighted by molar-refractivity contribution is 6.31. The third-order valence-electron chi connectivity index (χ3n) is 4.31. The van der Waals surface area contributed by atoms with Gasteiger partial charge in [-0.3, -0.25) is 4.79 Å². The van der Waals surface area contributed by atoms with Crippen LogP contribution in [-0.2, 0) is 4.79 Å². The van der Waals surface area contributed by atoms with E-state index in [-0.39, 0.29) is 19.0 Å². The highest BCUT2D eigenvalue weighted by Gasteiger charge is 2.44. The van der Waals surface area contributed by atoms with Crippen LogP contribution < -0.4 is 0 Å². The van der Waals surface area contributed by atoms with E-state index in [4.69, 9.17) is 23.2 Å². The van der Waals surface area contributed by atoms with Crippen molar-refractivity contribution in [3.8, 4) is 11.1 Å². The smallest absolute Gasteiger partial charge is 0.334 e. The summed E-state index contributed by atoms with van der Waals surface area (Å²) in [6.45, 7) is 0.0940. The van der Waals surface area contributed by atoms with Gasteiger partial charge in [0.1, 0.15) is 0 Å². The monoisotopic (exact) mass is 387 g/mol. The maximum atomic E-state index is 12.7. The molecule has 2 aromatic carbocycles. The molecule has 1 aliphatic heterocycles. The first kappa shape index (κ1) is 18.1. The van der Waals surface area contributed by atoms with Gasteiger partial charge in [0.15, 0.2) is 0 Å². The number of carbonyl (C=O) groups is 1. The first-order chi connectivity index (χ1) is 11.8. The molecule has 132 valence electrons. The van der Waals surface area contributed by atoms with Crippen molar-refractivity contribution >= 4 is 29.1 Å². The number of likely N-dealkylation sites (tertiary alicyclic amines) is 1. The quantitative estimate of drug-likeness (QED) is 0.662. The predicted molar refractivity (Wildman–Crippen MR) is 91.9 cm³/mol. The SMILES string of the molecule is O=C(N1CCC(c2cc(Cl)ccc2-c2cccc(Cl)c2)C1)C(F)(F)F. The minimum absolute atomic E-state index is 0.0201. The molecule has 0 spiro atoms. The van der Waals surface area contributed by atoms with Gasteiger partial charge in [0.2, 0.25) is 0 Å². The molecule has 1 fully saturated rings. The number of hydrogen-bond donors (Lipinski definition) is 0. The lowest BCUT2D eigenvalue weighted by Crippen LogP contribution is -2.39. The summed E-state index contributed by atoms with van der Waals surface area (Å²) in [5, 5.41) is 1.07. The van der Waals surface area contributed by atoms with Crippen molar-refractivity contribution in [1.29, 1.82) is 0 Å². The Morgan fingerprint density at radius 1 is 1.08 bits per heavy atom. The minimum Gasteiger partial charge on any atom is -0.334 e. The van der Waals surface area contributed by atoms with Crippen molar-refractivity contribution in [3.05, 3.63) is 58.1 Å². The van der Waals surface area contributed by atoms with E-state index in [1.807, 2.05) is 18.2 Å². The van der Waals surface area contributed by atoms with E-state index in [1.165, 1.54) is 0 Å². The molecule has 7 heteroatoms. The summed E-state index contributed by atoms with van der Waals surface area (Å²) in [5.74, 6) is -2.00. The number of hydrogen-bond acceptors (Lipinski definition) is 1. The van der Waals surface area contributed by atoms with E-state index in [0.29, 0.717) is 16.5 Å². The number of rotatable bonds is 2. The van der Waals surface area contributed by atoms with Crippen molar-refractivity contribution in [2.24, 2.45) is 0 Å². The topological polar surface area (TPSA) is 20.3 Å². The first-order valence-corrected chi connectivity index (χ1v) is 8.43. The van der Waals surface area contributed by atoms with Crippen LogP contribution in [0.4, 0.5) is 13.2 Å². The van der Waals surface area contributed by atoms with Crippen LogP contribution in [0.15, 0.2) is 42.5 Å². The summed E-state index contributed by atoms with van der Waals surface area (Å²) in [7, 11) is 0. The van der Waals surface area contributed by atoms with Gasteiger partial charge in [-0.1, -0.05) is 41.4 Å². The van der Waals surface area contributed by atoms with Crippen LogP contribution in [0, 0.1) is 0 Å². The van der Waals surface area contributed by atoms with Crippen molar-refractivity contribution in [2.75, 3.05) is 13.1 Å². The van der Waals surface area contributed by atoms with E-state index in [9.17, 15) is 18.0 Å². The number of nitrogens with zero attached hydrogens (tertiary/aromatic N) is 1. The summed E-state index contributed by atoms with van der Waals surface area (Å²) >= 11 is 12.1. The molecule has 1 unspecified atom stereocenters. The van der Waals surface area contributed by atoms with Gasteiger partial charge < -0.3 is 4.90 Å². The highest BCUT2D eigenvalue weighted by Crippen LogP contribution is 2.38.